The van der Waals surface area contributed by atoms with Crippen LogP contribution in [0.5, 0.6) is 5.75 Å². The lowest BCUT2D eigenvalue weighted by Gasteiger charge is -2.34. The van der Waals surface area contributed by atoms with Crippen LogP contribution >= 0.6 is 11.6 Å². The highest BCUT2D eigenvalue weighted by atomic mass is 35.5. The summed E-state index contributed by atoms with van der Waals surface area (Å²) >= 11 is 6.13. The summed E-state index contributed by atoms with van der Waals surface area (Å²) in [6, 6.07) is 3.96. The number of aromatic nitrogens is 2. The molecule has 2 heterocycles. The Kier molecular flexibility index (Phi) is 7.24. The van der Waals surface area contributed by atoms with Crippen molar-refractivity contribution in [1.29, 1.82) is 0 Å². The summed E-state index contributed by atoms with van der Waals surface area (Å²) in [4.78, 5) is 20.2. The molecule has 0 bridgehead atoms. The number of sulfone groups is 1. The van der Waals surface area contributed by atoms with Gasteiger partial charge in [0.1, 0.15) is 11.9 Å². The van der Waals surface area contributed by atoms with Crippen molar-refractivity contribution < 1.29 is 27.1 Å². The predicted octanol–water partition coefficient (Wildman–Crippen LogP) is 2.71. The van der Waals surface area contributed by atoms with Crippen molar-refractivity contribution in [3.63, 3.8) is 0 Å². The third-order valence-corrected chi connectivity index (χ3v) is 5.50. The first kappa shape index (κ1) is 23.1. The van der Waals surface area contributed by atoms with E-state index in [1.54, 1.807) is 19.1 Å². The van der Waals surface area contributed by atoms with E-state index in [-0.39, 0.29) is 22.5 Å². The van der Waals surface area contributed by atoms with Gasteiger partial charge in [-0.3, -0.25) is 4.79 Å². The topological polar surface area (TPSA) is 107 Å². The molecule has 1 aromatic carbocycles. The molecule has 0 saturated carbocycles. The maximum absolute atomic E-state index is 13.9. The van der Waals surface area contributed by atoms with E-state index in [1.807, 2.05) is 0 Å². The van der Waals surface area contributed by atoms with E-state index < -0.39 is 33.7 Å². The van der Waals surface area contributed by atoms with E-state index in [2.05, 4.69) is 15.3 Å². The highest BCUT2D eigenvalue weighted by molar-refractivity contribution is 7.93. The standard InChI is InChI=1S/C20H21ClFN3O5S/c1-12(6-7-31(2,27)28)25-20(26)19-23-8-14(9-24-19)30-18(13-10-29-11-13)15-4-3-5-16(22)17(15)21/h3-9,12-13,18H,10-11H2,1-2H3,(H,25,26)/b7-6+/t12-,18?/m1/s1. The fraction of sp³-hybridized carbons (Fsp3) is 0.350. The largest absolute Gasteiger partial charge is 0.482 e. The number of amides is 1. The van der Waals surface area contributed by atoms with Crippen LogP contribution in [0.4, 0.5) is 4.39 Å². The molecule has 166 valence electrons. The molecular weight excluding hydrogens is 449 g/mol. The molecule has 0 aliphatic carbocycles. The number of nitrogens with one attached hydrogen (secondary N) is 1. The van der Waals surface area contributed by atoms with Gasteiger partial charge in [0.25, 0.3) is 5.91 Å². The van der Waals surface area contributed by atoms with Crippen molar-refractivity contribution in [2.45, 2.75) is 19.1 Å². The number of rotatable bonds is 8. The lowest BCUT2D eigenvalue weighted by atomic mass is 9.94. The molecule has 1 unspecified atom stereocenters. The minimum absolute atomic E-state index is 0.0209. The zero-order valence-electron chi connectivity index (χ0n) is 16.8. The third kappa shape index (κ3) is 6.22. The summed E-state index contributed by atoms with van der Waals surface area (Å²) in [6.07, 6.45) is 4.50. The Morgan fingerprint density at radius 2 is 2.03 bits per heavy atom. The summed E-state index contributed by atoms with van der Waals surface area (Å²) in [5.74, 6) is -0.979. The Balaban J connectivity index is 1.70. The van der Waals surface area contributed by atoms with Crippen molar-refractivity contribution in [1.82, 2.24) is 15.3 Å². The molecule has 8 nitrogen and oxygen atoms in total. The SMILES string of the molecule is C[C@H](/C=C/S(C)(=O)=O)NC(=O)c1ncc(OC(c2cccc(F)c2Cl)C2COC2)cn1. The Hall–Kier alpha value is -2.56. The van der Waals surface area contributed by atoms with Gasteiger partial charge < -0.3 is 14.8 Å². The van der Waals surface area contributed by atoms with Crippen LogP contribution in [0.2, 0.25) is 5.02 Å². The predicted molar refractivity (Wildman–Crippen MR) is 112 cm³/mol. The second-order valence-electron chi connectivity index (χ2n) is 7.14. The maximum atomic E-state index is 13.9. The molecule has 1 aromatic heterocycles. The zero-order valence-corrected chi connectivity index (χ0v) is 18.4. The van der Waals surface area contributed by atoms with Gasteiger partial charge in [-0.25, -0.2) is 22.8 Å². The maximum Gasteiger partial charge on any atom is 0.289 e. The van der Waals surface area contributed by atoms with Gasteiger partial charge in [0, 0.05) is 29.2 Å². The first-order valence-electron chi connectivity index (χ1n) is 9.33. The summed E-state index contributed by atoms with van der Waals surface area (Å²) < 4.78 is 47.4. The molecule has 0 spiro atoms. The lowest BCUT2D eigenvalue weighted by Crippen LogP contribution is -2.36. The van der Waals surface area contributed by atoms with Crippen molar-refractivity contribution in [3.05, 3.63) is 64.3 Å². The van der Waals surface area contributed by atoms with Gasteiger partial charge in [-0.1, -0.05) is 29.8 Å². The van der Waals surface area contributed by atoms with E-state index in [9.17, 15) is 17.6 Å². The number of ether oxygens (including phenoxy) is 2. The van der Waals surface area contributed by atoms with Crippen LogP contribution < -0.4 is 10.1 Å². The number of carbonyl (C=O) groups is 1. The first-order valence-corrected chi connectivity index (χ1v) is 11.7. The van der Waals surface area contributed by atoms with Crippen LogP contribution in [0.25, 0.3) is 0 Å². The molecule has 1 aliphatic rings. The van der Waals surface area contributed by atoms with Crippen molar-refractivity contribution in [2.75, 3.05) is 19.5 Å². The average molecular weight is 470 g/mol. The van der Waals surface area contributed by atoms with E-state index in [0.717, 1.165) is 11.7 Å². The van der Waals surface area contributed by atoms with Crippen molar-refractivity contribution in [2.24, 2.45) is 5.92 Å². The Morgan fingerprint density at radius 3 is 2.61 bits per heavy atom. The summed E-state index contributed by atoms with van der Waals surface area (Å²) in [5, 5.41) is 3.56. The van der Waals surface area contributed by atoms with Gasteiger partial charge in [-0.15, -0.1) is 0 Å². The molecule has 1 fully saturated rings. The molecule has 2 aromatic rings. The first-order chi connectivity index (χ1) is 14.6. The Bertz CT molecular complexity index is 1070. The number of benzene rings is 1. The average Bonchev–Trinajstić information content (AvgIpc) is 2.67. The minimum atomic E-state index is -3.29. The van der Waals surface area contributed by atoms with E-state index in [0.29, 0.717) is 18.8 Å². The van der Waals surface area contributed by atoms with Crippen LogP contribution in [0.15, 0.2) is 42.1 Å². The van der Waals surface area contributed by atoms with E-state index in [1.165, 1.54) is 24.5 Å². The molecule has 1 saturated heterocycles. The zero-order chi connectivity index (χ0) is 22.6. The van der Waals surface area contributed by atoms with E-state index >= 15 is 0 Å². The number of hydrogen-bond donors (Lipinski definition) is 1. The Labute approximate surface area is 184 Å². The number of carbonyl (C=O) groups excluding carboxylic acids is 1. The second kappa shape index (κ2) is 9.71. The van der Waals surface area contributed by atoms with Crippen LogP contribution in [-0.4, -0.2) is 49.8 Å². The fourth-order valence-corrected chi connectivity index (χ4v) is 3.56. The molecule has 31 heavy (non-hydrogen) atoms. The van der Waals surface area contributed by atoms with Gasteiger partial charge in [0.05, 0.1) is 30.6 Å². The number of nitrogens with zero attached hydrogens (tertiary/aromatic N) is 2. The highest BCUT2D eigenvalue weighted by Crippen LogP contribution is 2.36. The minimum Gasteiger partial charge on any atom is -0.482 e. The van der Waals surface area contributed by atoms with Gasteiger partial charge in [0.15, 0.2) is 15.6 Å². The molecule has 1 amide bonds. The van der Waals surface area contributed by atoms with Crippen LogP contribution in [0.1, 0.15) is 29.2 Å². The summed E-state index contributed by atoms with van der Waals surface area (Å²) in [5.41, 5.74) is 0.489. The molecule has 1 N–H and O–H groups in total. The van der Waals surface area contributed by atoms with Gasteiger partial charge >= 0.3 is 0 Å². The van der Waals surface area contributed by atoms with Crippen LogP contribution in [0.3, 0.4) is 0 Å². The normalized spacial score (nSPS) is 16.5. The van der Waals surface area contributed by atoms with Gasteiger partial charge in [0.2, 0.25) is 5.82 Å². The molecule has 0 radical (unpaired) electrons. The van der Waals surface area contributed by atoms with Gasteiger partial charge in [-0.2, -0.15) is 0 Å². The summed E-state index contributed by atoms with van der Waals surface area (Å²) in [7, 11) is -3.29. The Morgan fingerprint density at radius 1 is 1.35 bits per heavy atom. The molecule has 11 heteroatoms. The molecule has 2 atom stereocenters. The number of hydrogen-bond acceptors (Lipinski definition) is 7. The van der Waals surface area contributed by atoms with Crippen molar-refractivity contribution in [3.8, 4) is 5.75 Å². The second-order valence-corrected chi connectivity index (χ2v) is 9.45. The molecular formula is C20H21ClFN3O5S. The molecule has 3 rings (SSSR count). The number of halogens is 2. The monoisotopic (exact) mass is 469 g/mol. The molecule has 1 aliphatic heterocycles. The van der Waals surface area contributed by atoms with Crippen molar-refractivity contribution >= 4 is 27.3 Å². The van der Waals surface area contributed by atoms with E-state index in [4.69, 9.17) is 21.1 Å². The smallest absolute Gasteiger partial charge is 0.289 e. The van der Waals surface area contributed by atoms with Crippen LogP contribution in [-0.2, 0) is 14.6 Å². The summed E-state index contributed by atoms with van der Waals surface area (Å²) in [6.45, 7) is 2.50. The lowest BCUT2D eigenvalue weighted by molar-refractivity contribution is -0.0845. The van der Waals surface area contributed by atoms with Crippen LogP contribution in [0, 0.1) is 11.7 Å². The quantitative estimate of drug-likeness (QED) is 0.633. The fourth-order valence-electron chi connectivity index (χ4n) is 2.80. The third-order valence-electron chi connectivity index (χ3n) is 4.45. The van der Waals surface area contributed by atoms with Gasteiger partial charge in [-0.05, 0) is 13.0 Å². The highest BCUT2D eigenvalue weighted by Gasteiger charge is 2.33.